The number of aromatic amines is 1. The molecule has 0 atom stereocenters. The minimum atomic E-state index is -0.445. The molecule has 150 valence electrons. The molecule has 1 N–H and O–H groups in total. The van der Waals surface area contributed by atoms with Gasteiger partial charge in [0.15, 0.2) is 0 Å². The Bertz CT molecular complexity index is 1330. The van der Waals surface area contributed by atoms with E-state index in [1.165, 1.54) is 17.9 Å². The van der Waals surface area contributed by atoms with Crippen LogP contribution < -0.4 is 11.1 Å². The Hall–Kier alpha value is -4.07. The Kier molecular flexibility index (Phi) is 5.21. The predicted molar refractivity (Wildman–Crippen MR) is 111 cm³/mol. The fraction of sp³-hybridized carbons (Fsp3) is 0.136. The molecule has 2 aromatic heterocycles. The van der Waals surface area contributed by atoms with E-state index in [9.17, 15) is 14.4 Å². The zero-order valence-corrected chi connectivity index (χ0v) is 16.2. The van der Waals surface area contributed by atoms with Crippen LogP contribution in [0.5, 0.6) is 0 Å². The number of benzene rings is 2. The third kappa shape index (κ3) is 3.88. The fourth-order valence-corrected chi connectivity index (χ4v) is 3.12. The number of H-pyrrole nitrogens is 1. The largest absolute Gasteiger partial charge is 0.461 e. The summed E-state index contributed by atoms with van der Waals surface area (Å²) in [5, 5.41) is 4.65. The topological polar surface area (TPSA) is 107 Å². The lowest BCUT2D eigenvalue weighted by Gasteiger charge is -2.11. The van der Waals surface area contributed by atoms with E-state index < -0.39 is 11.1 Å². The van der Waals surface area contributed by atoms with Crippen LogP contribution in [0.2, 0.25) is 0 Å². The van der Waals surface area contributed by atoms with Crippen molar-refractivity contribution in [3.8, 4) is 11.3 Å². The summed E-state index contributed by atoms with van der Waals surface area (Å²) in [6.07, 6.45) is 1.22. The Morgan fingerprint density at radius 2 is 1.73 bits per heavy atom. The van der Waals surface area contributed by atoms with E-state index in [-0.39, 0.29) is 30.0 Å². The first kappa shape index (κ1) is 19.3. The number of carbonyl (C=O) groups is 1. The van der Waals surface area contributed by atoms with Gasteiger partial charge in [-0.3, -0.25) is 14.4 Å². The molecule has 0 amide bonds. The predicted octanol–water partition coefficient (Wildman–Crippen LogP) is 2.26. The van der Waals surface area contributed by atoms with Crippen LogP contribution in [0.25, 0.3) is 22.2 Å². The SMILES string of the molecule is CC(=O)OCc1ccc(Cn2nc(-c3ccccc3)c3c(=O)[nH]cnc3c2=O)cc1. The number of fused-ring (bicyclic) bond motifs is 1. The van der Waals surface area contributed by atoms with Crippen molar-refractivity contribution in [2.24, 2.45) is 0 Å². The third-order valence-electron chi connectivity index (χ3n) is 4.59. The summed E-state index contributed by atoms with van der Waals surface area (Å²) >= 11 is 0. The molecular formula is C22H18N4O4. The average molecular weight is 402 g/mol. The van der Waals surface area contributed by atoms with Crippen LogP contribution in [0.4, 0.5) is 0 Å². The first-order valence-corrected chi connectivity index (χ1v) is 9.28. The number of hydrogen-bond donors (Lipinski definition) is 1. The van der Waals surface area contributed by atoms with Gasteiger partial charge in [-0.25, -0.2) is 9.67 Å². The summed E-state index contributed by atoms with van der Waals surface area (Å²) < 4.78 is 6.29. The highest BCUT2D eigenvalue weighted by Gasteiger charge is 2.16. The van der Waals surface area contributed by atoms with Crippen molar-refractivity contribution in [2.75, 3.05) is 0 Å². The van der Waals surface area contributed by atoms with Gasteiger partial charge in [-0.15, -0.1) is 0 Å². The van der Waals surface area contributed by atoms with Crippen LogP contribution in [-0.2, 0) is 22.7 Å². The second-order valence-corrected chi connectivity index (χ2v) is 6.73. The van der Waals surface area contributed by atoms with Crippen LogP contribution >= 0.6 is 0 Å². The highest BCUT2D eigenvalue weighted by atomic mass is 16.5. The zero-order valence-electron chi connectivity index (χ0n) is 16.2. The van der Waals surface area contributed by atoms with E-state index in [4.69, 9.17) is 4.74 Å². The van der Waals surface area contributed by atoms with Gasteiger partial charge in [-0.1, -0.05) is 54.6 Å². The van der Waals surface area contributed by atoms with Crippen molar-refractivity contribution in [3.05, 3.63) is 92.8 Å². The molecule has 4 rings (SSSR count). The second kappa shape index (κ2) is 8.12. The van der Waals surface area contributed by atoms with Gasteiger partial charge in [0, 0.05) is 12.5 Å². The summed E-state index contributed by atoms with van der Waals surface area (Å²) in [5.74, 6) is -0.345. The standard InChI is InChI=1S/C22H18N4O4/c1-14(27)30-12-16-9-7-15(8-10-16)11-26-22(29)20-18(21(28)24-13-23-20)19(25-26)17-5-3-2-4-6-17/h2-10,13H,11-12H2,1H3,(H,23,24,28). The maximum atomic E-state index is 12.9. The van der Waals surface area contributed by atoms with Gasteiger partial charge in [0.2, 0.25) is 0 Å². The molecule has 2 aromatic carbocycles. The Morgan fingerprint density at radius 1 is 1.03 bits per heavy atom. The molecule has 0 saturated carbocycles. The van der Waals surface area contributed by atoms with Crippen molar-refractivity contribution in [1.29, 1.82) is 0 Å². The fourth-order valence-electron chi connectivity index (χ4n) is 3.12. The van der Waals surface area contributed by atoms with Crippen molar-refractivity contribution in [1.82, 2.24) is 19.7 Å². The third-order valence-corrected chi connectivity index (χ3v) is 4.59. The Balaban J connectivity index is 1.77. The molecule has 0 fully saturated rings. The molecule has 0 bridgehead atoms. The van der Waals surface area contributed by atoms with E-state index in [2.05, 4.69) is 15.1 Å². The Morgan fingerprint density at radius 3 is 2.43 bits per heavy atom. The van der Waals surface area contributed by atoms with Crippen molar-refractivity contribution in [2.45, 2.75) is 20.1 Å². The van der Waals surface area contributed by atoms with Crippen LogP contribution in [0.3, 0.4) is 0 Å². The number of nitrogens with one attached hydrogen (secondary N) is 1. The summed E-state index contributed by atoms with van der Waals surface area (Å²) in [5.41, 5.74) is 1.99. The first-order valence-electron chi connectivity index (χ1n) is 9.28. The summed E-state index contributed by atoms with van der Waals surface area (Å²) in [6, 6.07) is 16.5. The van der Waals surface area contributed by atoms with Crippen molar-refractivity contribution in [3.63, 3.8) is 0 Å². The number of rotatable bonds is 5. The highest BCUT2D eigenvalue weighted by Crippen LogP contribution is 2.21. The second-order valence-electron chi connectivity index (χ2n) is 6.73. The van der Waals surface area contributed by atoms with Crippen molar-refractivity contribution >= 4 is 16.9 Å². The summed E-state index contributed by atoms with van der Waals surface area (Å²) in [6.45, 7) is 1.75. The van der Waals surface area contributed by atoms with Crippen molar-refractivity contribution < 1.29 is 9.53 Å². The Labute approximate surface area is 170 Å². The van der Waals surface area contributed by atoms with Gasteiger partial charge in [0.25, 0.3) is 11.1 Å². The quantitative estimate of drug-likeness (QED) is 0.513. The maximum Gasteiger partial charge on any atom is 0.302 e. The number of esters is 1. The molecule has 2 heterocycles. The molecular weight excluding hydrogens is 384 g/mol. The van der Waals surface area contributed by atoms with Gasteiger partial charge in [0.05, 0.1) is 18.3 Å². The van der Waals surface area contributed by atoms with E-state index in [1.54, 1.807) is 0 Å². The molecule has 8 heteroatoms. The molecule has 0 aliphatic heterocycles. The van der Waals surface area contributed by atoms with Crippen LogP contribution in [-0.4, -0.2) is 25.7 Å². The van der Waals surface area contributed by atoms with Gasteiger partial charge in [-0.2, -0.15) is 5.10 Å². The normalized spacial score (nSPS) is 10.8. The monoisotopic (exact) mass is 402 g/mol. The number of aromatic nitrogens is 4. The number of nitrogens with zero attached hydrogens (tertiary/aromatic N) is 3. The van der Waals surface area contributed by atoms with Crippen LogP contribution in [0.1, 0.15) is 18.1 Å². The summed E-state index contributed by atoms with van der Waals surface area (Å²) in [4.78, 5) is 42.9. The molecule has 0 spiro atoms. The number of ether oxygens (including phenoxy) is 1. The van der Waals surface area contributed by atoms with Gasteiger partial charge >= 0.3 is 5.97 Å². The molecule has 0 aliphatic carbocycles. The van der Waals surface area contributed by atoms with E-state index >= 15 is 0 Å². The minimum Gasteiger partial charge on any atom is -0.461 e. The van der Waals surface area contributed by atoms with Gasteiger partial charge in [-0.05, 0) is 11.1 Å². The molecule has 0 radical (unpaired) electrons. The van der Waals surface area contributed by atoms with Crippen LogP contribution in [0.15, 0.2) is 70.5 Å². The number of hydrogen-bond acceptors (Lipinski definition) is 6. The first-order chi connectivity index (χ1) is 14.5. The molecule has 0 aliphatic rings. The van der Waals surface area contributed by atoms with E-state index in [0.29, 0.717) is 11.3 Å². The molecule has 30 heavy (non-hydrogen) atoms. The molecule has 0 saturated heterocycles. The van der Waals surface area contributed by atoms with Crippen LogP contribution in [0, 0.1) is 0 Å². The zero-order chi connectivity index (χ0) is 21.1. The maximum absolute atomic E-state index is 12.9. The average Bonchev–Trinajstić information content (AvgIpc) is 2.76. The summed E-state index contributed by atoms with van der Waals surface area (Å²) in [7, 11) is 0. The highest BCUT2D eigenvalue weighted by molar-refractivity contribution is 5.90. The lowest BCUT2D eigenvalue weighted by atomic mass is 10.1. The molecule has 8 nitrogen and oxygen atoms in total. The smallest absolute Gasteiger partial charge is 0.302 e. The lowest BCUT2D eigenvalue weighted by Crippen LogP contribution is -2.27. The van der Waals surface area contributed by atoms with Gasteiger partial charge in [0.1, 0.15) is 17.8 Å². The number of carbonyl (C=O) groups excluding carboxylic acids is 1. The van der Waals surface area contributed by atoms with Gasteiger partial charge < -0.3 is 9.72 Å². The lowest BCUT2D eigenvalue weighted by molar-refractivity contribution is -0.142. The molecule has 0 unspecified atom stereocenters. The minimum absolute atomic E-state index is 0.0686. The van der Waals surface area contributed by atoms with E-state index in [1.807, 2.05) is 54.6 Å². The van der Waals surface area contributed by atoms with E-state index in [0.717, 1.165) is 11.1 Å². The molecule has 4 aromatic rings.